The van der Waals surface area contributed by atoms with E-state index in [9.17, 15) is 0 Å². The highest BCUT2D eigenvalue weighted by atomic mass is 79.9. The lowest BCUT2D eigenvalue weighted by molar-refractivity contribution is 0.585. The predicted molar refractivity (Wildman–Crippen MR) is 63.9 cm³/mol. The van der Waals surface area contributed by atoms with Gasteiger partial charge in [-0.25, -0.2) is 0 Å². The van der Waals surface area contributed by atoms with Gasteiger partial charge in [0.15, 0.2) is 0 Å². The number of nitrogens with one attached hydrogen (secondary N) is 1. The highest BCUT2D eigenvalue weighted by molar-refractivity contribution is 9.10. The van der Waals surface area contributed by atoms with Crippen LogP contribution in [-0.2, 0) is 0 Å². The first-order valence-electron chi connectivity index (χ1n) is 5.25. The largest absolute Gasteiger partial charge is 0.463 e. The van der Waals surface area contributed by atoms with Gasteiger partial charge in [-0.15, -0.1) is 0 Å². The second-order valence-electron chi connectivity index (χ2n) is 3.96. The fourth-order valence-corrected chi connectivity index (χ4v) is 2.72. The summed E-state index contributed by atoms with van der Waals surface area (Å²) in [6.07, 6.45) is 4.35. The highest BCUT2D eigenvalue weighted by Gasteiger charge is 2.20. The van der Waals surface area contributed by atoms with Gasteiger partial charge in [-0.1, -0.05) is 12.1 Å². The van der Waals surface area contributed by atoms with Crippen molar-refractivity contribution >= 4 is 26.9 Å². The molecule has 0 spiro atoms. The minimum Gasteiger partial charge on any atom is -0.463 e. The molecule has 1 unspecified atom stereocenters. The minimum atomic E-state index is 0.473. The molecule has 1 aliphatic rings. The molecule has 3 heteroatoms. The van der Waals surface area contributed by atoms with E-state index in [-0.39, 0.29) is 0 Å². The highest BCUT2D eigenvalue weighted by Crippen LogP contribution is 2.34. The van der Waals surface area contributed by atoms with Crippen LogP contribution in [0, 0.1) is 0 Å². The number of benzene rings is 1. The van der Waals surface area contributed by atoms with Crippen LogP contribution in [0.3, 0.4) is 0 Å². The van der Waals surface area contributed by atoms with E-state index in [4.69, 9.17) is 4.42 Å². The van der Waals surface area contributed by atoms with E-state index in [1.54, 1.807) is 0 Å². The summed E-state index contributed by atoms with van der Waals surface area (Å²) in [7, 11) is 0. The Balaban J connectivity index is 2.15. The summed E-state index contributed by atoms with van der Waals surface area (Å²) in [5.41, 5.74) is 2.25. The van der Waals surface area contributed by atoms with E-state index < -0.39 is 0 Å². The molecule has 78 valence electrons. The maximum Gasteiger partial charge on any atom is 0.148 e. The van der Waals surface area contributed by atoms with E-state index in [2.05, 4.69) is 33.4 Å². The van der Waals surface area contributed by atoms with Crippen molar-refractivity contribution in [2.45, 2.75) is 18.9 Å². The number of para-hydroxylation sites is 1. The van der Waals surface area contributed by atoms with Crippen LogP contribution in [0.25, 0.3) is 11.0 Å². The van der Waals surface area contributed by atoms with Crippen LogP contribution in [0.2, 0.25) is 0 Å². The zero-order chi connectivity index (χ0) is 10.3. The van der Waals surface area contributed by atoms with Crippen LogP contribution in [0.5, 0.6) is 0 Å². The van der Waals surface area contributed by atoms with Crippen LogP contribution in [0.1, 0.15) is 24.4 Å². The number of hydrogen-bond acceptors (Lipinski definition) is 2. The minimum absolute atomic E-state index is 0.473. The van der Waals surface area contributed by atoms with Gasteiger partial charge >= 0.3 is 0 Å². The average molecular weight is 266 g/mol. The zero-order valence-electron chi connectivity index (χ0n) is 8.29. The molecule has 0 saturated carbocycles. The second kappa shape index (κ2) is 3.65. The second-order valence-corrected chi connectivity index (χ2v) is 4.81. The van der Waals surface area contributed by atoms with Crippen molar-refractivity contribution in [3.63, 3.8) is 0 Å². The first-order chi connectivity index (χ1) is 7.36. The van der Waals surface area contributed by atoms with E-state index in [0.717, 1.165) is 16.6 Å². The lowest BCUT2D eigenvalue weighted by atomic mass is 10.0. The van der Waals surface area contributed by atoms with E-state index >= 15 is 0 Å². The van der Waals surface area contributed by atoms with Gasteiger partial charge in [0.2, 0.25) is 0 Å². The quantitative estimate of drug-likeness (QED) is 0.852. The molecule has 15 heavy (non-hydrogen) atoms. The van der Waals surface area contributed by atoms with Gasteiger partial charge in [0.25, 0.3) is 0 Å². The third-order valence-electron chi connectivity index (χ3n) is 3.02. The van der Waals surface area contributed by atoms with Gasteiger partial charge < -0.3 is 9.73 Å². The van der Waals surface area contributed by atoms with Crippen LogP contribution in [0.4, 0.5) is 0 Å². The lowest BCUT2D eigenvalue weighted by Gasteiger charge is -2.07. The van der Waals surface area contributed by atoms with Crippen LogP contribution in [-0.4, -0.2) is 6.54 Å². The molecule has 0 radical (unpaired) electrons. The molecule has 1 fully saturated rings. The zero-order valence-corrected chi connectivity index (χ0v) is 9.88. The van der Waals surface area contributed by atoms with Crippen molar-refractivity contribution in [1.29, 1.82) is 0 Å². The number of halogens is 1. The molecule has 2 aromatic rings. The Morgan fingerprint density at radius 2 is 2.33 bits per heavy atom. The summed E-state index contributed by atoms with van der Waals surface area (Å²) in [6, 6.07) is 6.66. The van der Waals surface area contributed by atoms with Gasteiger partial charge in [-0.2, -0.15) is 0 Å². The maximum absolute atomic E-state index is 5.61. The maximum atomic E-state index is 5.61. The fraction of sp³-hybridized carbons (Fsp3) is 0.333. The Labute approximate surface area is 96.8 Å². The first-order valence-corrected chi connectivity index (χ1v) is 6.04. The molecule has 0 aliphatic carbocycles. The number of hydrogen-bond donors (Lipinski definition) is 1. The third-order valence-corrected chi connectivity index (χ3v) is 3.64. The summed E-state index contributed by atoms with van der Waals surface area (Å²) < 4.78 is 6.64. The first kappa shape index (κ1) is 9.43. The Kier molecular flexibility index (Phi) is 2.29. The molecule has 2 heterocycles. The lowest BCUT2D eigenvalue weighted by Crippen LogP contribution is -2.12. The smallest absolute Gasteiger partial charge is 0.148 e. The molecule has 0 bridgehead atoms. The summed E-state index contributed by atoms with van der Waals surface area (Å²) in [5, 5.41) is 4.72. The molecule has 1 N–H and O–H groups in total. The molecule has 1 aliphatic heterocycles. The molecule has 1 aromatic heterocycles. The normalized spacial score (nSPS) is 21.3. The fourth-order valence-electron chi connectivity index (χ4n) is 2.26. The van der Waals surface area contributed by atoms with Gasteiger partial charge in [-0.05, 0) is 41.4 Å². The average Bonchev–Trinajstić information content (AvgIpc) is 2.85. The SMILES string of the molecule is Brc1cccc2c(C3CCCN3)coc12. The number of rotatable bonds is 1. The number of fused-ring (bicyclic) bond motifs is 1. The summed E-state index contributed by atoms with van der Waals surface area (Å²) in [6.45, 7) is 1.12. The summed E-state index contributed by atoms with van der Waals surface area (Å²) in [5.74, 6) is 0. The van der Waals surface area contributed by atoms with Crippen LogP contribution < -0.4 is 5.32 Å². The Morgan fingerprint density at radius 3 is 3.13 bits per heavy atom. The molecule has 1 aromatic carbocycles. The molecule has 3 rings (SSSR count). The molecule has 0 amide bonds. The summed E-state index contributed by atoms with van der Waals surface area (Å²) >= 11 is 3.50. The molecular formula is C12H12BrNO. The Hall–Kier alpha value is -0.800. The van der Waals surface area contributed by atoms with Gasteiger partial charge in [0, 0.05) is 17.0 Å². The predicted octanol–water partition coefficient (Wildman–Crippen LogP) is 3.62. The standard InChI is InChI=1S/C12H12BrNO/c13-10-4-1-3-8-9(7-15-12(8)10)11-5-2-6-14-11/h1,3-4,7,11,14H,2,5-6H2. The molecular weight excluding hydrogens is 254 g/mol. The monoisotopic (exact) mass is 265 g/mol. The molecule has 1 atom stereocenters. The third kappa shape index (κ3) is 1.50. The number of furan rings is 1. The Bertz CT molecular complexity index is 485. The summed E-state index contributed by atoms with van der Waals surface area (Å²) in [4.78, 5) is 0. The van der Waals surface area contributed by atoms with Gasteiger partial charge in [-0.3, -0.25) is 0 Å². The van der Waals surface area contributed by atoms with Crippen LogP contribution in [0.15, 0.2) is 33.4 Å². The van der Waals surface area contributed by atoms with E-state index in [1.807, 2.05) is 12.3 Å². The van der Waals surface area contributed by atoms with Crippen molar-refractivity contribution < 1.29 is 4.42 Å². The topological polar surface area (TPSA) is 25.2 Å². The van der Waals surface area contributed by atoms with Gasteiger partial charge in [0.1, 0.15) is 5.58 Å². The van der Waals surface area contributed by atoms with Crippen molar-refractivity contribution in [1.82, 2.24) is 5.32 Å². The molecule has 1 saturated heterocycles. The van der Waals surface area contributed by atoms with Crippen LogP contribution >= 0.6 is 15.9 Å². The van der Waals surface area contributed by atoms with Crippen molar-refractivity contribution in [2.75, 3.05) is 6.54 Å². The van der Waals surface area contributed by atoms with Gasteiger partial charge in [0.05, 0.1) is 10.7 Å². The van der Waals surface area contributed by atoms with Crippen molar-refractivity contribution in [3.8, 4) is 0 Å². The molecule has 2 nitrogen and oxygen atoms in total. The van der Waals surface area contributed by atoms with Crippen molar-refractivity contribution in [2.24, 2.45) is 0 Å². The van der Waals surface area contributed by atoms with Crippen molar-refractivity contribution in [3.05, 3.63) is 34.5 Å². The Morgan fingerprint density at radius 1 is 1.40 bits per heavy atom. The van der Waals surface area contributed by atoms with E-state index in [1.165, 1.54) is 23.8 Å². The van der Waals surface area contributed by atoms with E-state index in [0.29, 0.717) is 6.04 Å².